The van der Waals surface area contributed by atoms with E-state index in [0.29, 0.717) is 6.04 Å². The Hall–Kier alpha value is -1.53. The molecule has 3 nitrogen and oxygen atoms in total. The highest BCUT2D eigenvalue weighted by molar-refractivity contribution is 6.04. The molecular weight excluding hydrogens is 210 g/mol. The molecule has 17 heavy (non-hydrogen) atoms. The standard InChI is InChI=1S/C14H23N3/c1-6-8-9-14(17-12(3)7-2)10-13(4)16-11-15-5/h1,8-10,12,15-16H,7,11H2,2-5H3/b9-8+,13-10?,17-14?. The summed E-state index contributed by atoms with van der Waals surface area (Å²) in [6.45, 7) is 6.95. The number of hydrogen-bond acceptors (Lipinski definition) is 3. The number of hydrogen-bond donors (Lipinski definition) is 2. The van der Waals surface area contributed by atoms with Crippen molar-refractivity contribution >= 4 is 5.71 Å². The summed E-state index contributed by atoms with van der Waals surface area (Å²) in [5, 5.41) is 6.24. The molecule has 0 aliphatic carbocycles. The van der Waals surface area contributed by atoms with Crippen LogP contribution in [-0.2, 0) is 0 Å². The number of allylic oxidation sites excluding steroid dienone is 4. The van der Waals surface area contributed by atoms with Crippen molar-refractivity contribution in [3.63, 3.8) is 0 Å². The van der Waals surface area contributed by atoms with Gasteiger partial charge in [-0.15, -0.1) is 6.42 Å². The summed E-state index contributed by atoms with van der Waals surface area (Å²) in [7, 11) is 1.90. The zero-order valence-corrected chi connectivity index (χ0v) is 11.2. The highest BCUT2D eigenvalue weighted by Crippen LogP contribution is 2.00. The van der Waals surface area contributed by atoms with Crippen molar-refractivity contribution in [2.45, 2.75) is 33.2 Å². The van der Waals surface area contributed by atoms with Crippen molar-refractivity contribution in [3.05, 3.63) is 23.9 Å². The first-order valence-electron chi connectivity index (χ1n) is 5.91. The van der Waals surface area contributed by atoms with Crippen LogP contribution in [0.1, 0.15) is 27.2 Å². The lowest BCUT2D eigenvalue weighted by Gasteiger charge is -2.07. The second-order valence-electron chi connectivity index (χ2n) is 3.85. The molecule has 0 bridgehead atoms. The Balaban J connectivity index is 4.76. The molecule has 1 atom stereocenters. The van der Waals surface area contributed by atoms with Gasteiger partial charge in [-0.1, -0.05) is 12.8 Å². The van der Waals surface area contributed by atoms with E-state index < -0.39 is 0 Å². The number of nitrogens with one attached hydrogen (secondary N) is 2. The second kappa shape index (κ2) is 9.68. The Labute approximate surface area is 105 Å². The van der Waals surface area contributed by atoms with Crippen LogP contribution in [0.5, 0.6) is 0 Å². The maximum atomic E-state index is 5.21. The van der Waals surface area contributed by atoms with Gasteiger partial charge in [0, 0.05) is 11.7 Å². The van der Waals surface area contributed by atoms with Crippen LogP contribution in [0.4, 0.5) is 0 Å². The predicted octanol–water partition coefficient (Wildman–Crippen LogP) is 2.09. The summed E-state index contributed by atoms with van der Waals surface area (Å²) in [5.41, 5.74) is 1.96. The van der Waals surface area contributed by atoms with Gasteiger partial charge >= 0.3 is 0 Å². The Kier molecular flexibility index (Phi) is 8.81. The van der Waals surface area contributed by atoms with Crippen LogP contribution < -0.4 is 10.6 Å². The van der Waals surface area contributed by atoms with Gasteiger partial charge in [0.1, 0.15) is 0 Å². The number of terminal acetylenes is 1. The van der Waals surface area contributed by atoms with Gasteiger partial charge in [0.25, 0.3) is 0 Å². The van der Waals surface area contributed by atoms with Crippen LogP contribution in [0.15, 0.2) is 28.9 Å². The third-order valence-corrected chi connectivity index (χ3v) is 2.22. The molecule has 0 aromatic rings. The van der Waals surface area contributed by atoms with Crippen LogP contribution in [0.25, 0.3) is 0 Å². The average molecular weight is 233 g/mol. The van der Waals surface area contributed by atoms with Crippen molar-refractivity contribution in [2.24, 2.45) is 4.99 Å². The fourth-order valence-electron chi connectivity index (χ4n) is 1.11. The van der Waals surface area contributed by atoms with Gasteiger partial charge in [0.05, 0.1) is 12.4 Å². The third-order valence-electron chi connectivity index (χ3n) is 2.22. The molecule has 0 aliphatic heterocycles. The average Bonchev–Trinajstić information content (AvgIpc) is 2.33. The first kappa shape index (κ1) is 15.5. The minimum atomic E-state index is 0.306. The zero-order chi connectivity index (χ0) is 13.1. The second-order valence-corrected chi connectivity index (χ2v) is 3.85. The monoisotopic (exact) mass is 233 g/mol. The van der Waals surface area contributed by atoms with Crippen LogP contribution >= 0.6 is 0 Å². The minimum absolute atomic E-state index is 0.306. The Morgan fingerprint density at radius 3 is 2.76 bits per heavy atom. The molecule has 0 radical (unpaired) electrons. The van der Waals surface area contributed by atoms with Crippen molar-refractivity contribution in [3.8, 4) is 12.3 Å². The Morgan fingerprint density at radius 2 is 2.24 bits per heavy atom. The van der Waals surface area contributed by atoms with E-state index >= 15 is 0 Å². The van der Waals surface area contributed by atoms with E-state index in [0.717, 1.165) is 24.5 Å². The van der Waals surface area contributed by atoms with E-state index in [4.69, 9.17) is 6.42 Å². The number of nitrogens with zero attached hydrogens (tertiary/aromatic N) is 1. The van der Waals surface area contributed by atoms with E-state index in [1.165, 1.54) is 0 Å². The van der Waals surface area contributed by atoms with E-state index in [1.807, 2.05) is 26.1 Å². The molecule has 94 valence electrons. The van der Waals surface area contributed by atoms with Crippen LogP contribution in [0.3, 0.4) is 0 Å². The summed E-state index contributed by atoms with van der Waals surface area (Å²) in [5.74, 6) is 2.48. The maximum absolute atomic E-state index is 5.21. The van der Waals surface area contributed by atoms with Crippen molar-refractivity contribution in [1.82, 2.24) is 10.6 Å². The van der Waals surface area contributed by atoms with Crippen molar-refractivity contribution < 1.29 is 0 Å². The molecular formula is C14H23N3. The molecule has 1 unspecified atom stereocenters. The van der Waals surface area contributed by atoms with E-state index in [9.17, 15) is 0 Å². The van der Waals surface area contributed by atoms with E-state index in [-0.39, 0.29) is 0 Å². The fraction of sp³-hybridized carbons (Fsp3) is 0.500. The fourth-order valence-corrected chi connectivity index (χ4v) is 1.11. The molecule has 0 amide bonds. The molecule has 0 spiro atoms. The van der Waals surface area contributed by atoms with E-state index in [1.54, 1.807) is 6.08 Å². The first-order chi connectivity index (χ1) is 8.13. The summed E-state index contributed by atoms with van der Waals surface area (Å²) in [6, 6.07) is 0.306. The van der Waals surface area contributed by atoms with Gasteiger partial charge in [0.15, 0.2) is 0 Å². The van der Waals surface area contributed by atoms with Gasteiger partial charge < -0.3 is 10.6 Å². The molecule has 0 saturated heterocycles. The largest absolute Gasteiger partial charge is 0.376 e. The van der Waals surface area contributed by atoms with Crippen molar-refractivity contribution in [1.29, 1.82) is 0 Å². The molecule has 0 aromatic heterocycles. The van der Waals surface area contributed by atoms with Gasteiger partial charge in [-0.25, -0.2) is 0 Å². The SMILES string of the molecule is C#C/C=C/C(C=C(C)NCNC)=NC(C)CC. The molecule has 0 aromatic carbocycles. The quantitative estimate of drug-likeness (QED) is 0.401. The van der Waals surface area contributed by atoms with Crippen LogP contribution in [0, 0.1) is 12.3 Å². The molecule has 0 saturated carbocycles. The first-order valence-corrected chi connectivity index (χ1v) is 5.91. The summed E-state index contributed by atoms with van der Waals surface area (Å²) in [6.07, 6.45) is 11.8. The lowest BCUT2D eigenvalue weighted by Crippen LogP contribution is -2.24. The van der Waals surface area contributed by atoms with Crippen LogP contribution in [-0.4, -0.2) is 25.5 Å². The molecule has 0 fully saturated rings. The Morgan fingerprint density at radius 1 is 1.53 bits per heavy atom. The third kappa shape index (κ3) is 8.29. The van der Waals surface area contributed by atoms with Crippen molar-refractivity contribution in [2.75, 3.05) is 13.7 Å². The lowest BCUT2D eigenvalue weighted by molar-refractivity contribution is 0.706. The summed E-state index contributed by atoms with van der Waals surface area (Å²) >= 11 is 0. The van der Waals surface area contributed by atoms with Gasteiger partial charge in [-0.3, -0.25) is 4.99 Å². The number of rotatable bonds is 7. The van der Waals surface area contributed by atoms with E-state index in [2.05, 4.69) is 35.4 Å². The maximum Gasteiger partial charge on any atom is 0.0647 e. The summed E-state index contributed by atoms with van der Waals surface area (Å²) in [4.78, 5) is 4.58. The summed E-state index contributed by atoms with van der Waals surface area (Å²) < 4.78 is 0. The lowest BCUT2D eigenvalue weighted by atomic mass is 10.2. The zero-order valence-electron chi connectivity index (χ0n) is 11.2. The minimum Gasteiger partial charge on any atom is -0.376 e. The van der Waals surface area contributed by atoms with Gasteiger partial charge in [0.2, 0.25) is 0 Å². The topological polar surface area (TPSA) is 36.4 Å². The molecule has 0 rings (SSSR count). The Bertz CT molecular complexity index is 332. The smallest absolute Gasteiger partial charge is 0.0647 e. The molecule has 0 heterocycles. The van der Waals surface area contributed by atoms with Gasteiger partial charge in [-0.2, -0.15) is 0 Å². The molecule has 3 heteroatoms. The predicted molar refractivity (Wildman–Crippen MR) is 76.0 cm³/mol. The van der Waals surface area contributed by atoms with Crippen LogP contribution in [0.2, 0.25) is 0 Å². The van der Waals surface area contributed by atoms with Gasteiger partial charge in [-0.05, 0) is 45.5 Å². The molecule has 2 N–H and O–H groups in total. The normalized spacial score (nSPS) is 14.8. The number of aliphatic imine (C=N–C) groups is 1. The molecule has 0 aliphatic rings. The highest BCUT2D eigenvalue weighted by atomic mass is 15.0. The highest BCUT2D eigenvalue weighted by Gasteiger charge is 1.97.